The zero-order valence-corrected chi connectivity index (χ0v) is 9.36. The van der Waals surface area contributed by atoms with Gasteiger partial charge in [0.15, 0.2) is 0 Å². The smallest absolute Gasteiger partial charge is 0.329 e. The lowest BCUT2D eigenvalue weighted by molar-refractivity contribution is -0.149. The highest BCUT2D eigenvalue weighted by Crippen LogP contribution is 2.39. The Balaban J connectivity index is 2.00. The summed E-state index contributed by atoms with van der Waals surface area (Å²) in [5.41, 5.74) is -1.12. The Morgan fingerprint density at radius 1 is 1.38 bits per heavy atom. The quantitative estimate of drug-likeness (QED) is 0.734. The first-order chi connectivity index (χ1) is 7.54. The number of hydrogen-bond donors (Lipinski definition) is 2. The van der Waals surface area contributed by atoms with Crippen molar-refractivity contribution in [3.63, 3.8) is 0 Å². The Morgan fingerprint density at radius 3 is 2.50 bits per heavy atom. The molecule has 0 bridgehead atoms. The Bertz CT molecular complexity index is 307. The van der Waals surface area contributed by atoms with Crippen molar-refractivity contribution in [1.29, 1.82) is 0 Å². The van der Waals surface area contributed by atoms with Crippen molar-refractivity contribution in [1.82, 2.24) is 5.32 Å². The lowest BCUT2D eigenvalue weighted by atomic mass is 9.95. The number of aliphatic carboxylic acids is 1. The first kappa shape index (κ1) is 11.4. The minimum Gasteiger partial charge on any atom is -0.480 e. The maximum absolute atomic E-state index is 11.8. The van der Waals surface area contributed by atoms with Gasteiger partial charge in [-0.25, -0.2) is 4.79 Å². The average molecular weight is 227 g/mol. The van der Waals surface area contributed by atoms with Crippen LogP contribution in [0.15, 0.2) is 0 Å². The molecule has 2 aliphatic rings. The Morgan fingerprint density at radius 2 is 2.06 bits per heavy atom. The molecule has 2 atom stereocenters. The van der Waals surface area contributed by atoms with Crippen LogP contribution in [-0.4, -0.2) is 35.2 Å². The summed E-state index contributed by atoms with van der Waals surface area (Å²) >= 11 is 0. The van der Waals surface area contributed by atoms with E-state index in [1.165, 1.54) is 0 Å². The number of carbonyl (C=O) groups is 2. The van der Waals surface area contributed by atoms with Crippen LogP contribution in [0.25, 0.3) is 0 Å². The van der Waals surface area contributed by atoms with Gasteiger partial charge in [0.1, 0.15) is 11.6 Å². The van der Waals surface area contributed by atoms with Gasteiger partial charge in [-0.3, -0.25) is 4.79 Å². The SMILES string of the molecule is CC(NC(=O)[C@H]1CCCO1)(C(=O)O)C1CC1. The van der Waals surface area contributed by atoms with E-state index in [0.717, 1.165) is 19.3 Å². The van der Waals surface area contributed by atoms with Gasteiger partial charge in [0, 0.05) is 6.61 Å². The average Bonchev–Trinajstić information content (AvgIpc) is 2.94. The maximum Gasteiger partial charge on any atom is 0.329 e. The molecule has 1 aliphatic heterocycles. The summed E-state index contributed by atoms with van der Waals surface area (Å²) in [5, 5.41) is 11.8. The lowest BCUT2D eigenvalue weighted by Gasteiger charge is -2.27. The van der Waals surface area contributed by atoms with Crippen molar-refractivity contribution < 1.29 is 19.4 Å². The number of nitrogens with one attached hydrogen (secondary N) is 1. The zero-order chi connectivity index (χ0) is 11.8. The summed E-state index contributed by atoms with van der Waals surface area (Å²) in [6.07, 6.45) is 2.83. The molecule has 2 N–H and O–H groups in total. The van der Waals surface area contributed by atoms with Crippen LogP contribution in [0.1, 0.15) is 32.6 Å². The number of rotatable bonds is 4. The largest absolute Gasteiger partial charge is 0.480 e. The van der Waals surface area contributed by atoms with Crippen molar-refractivity contribution in [3.8, 4) is 0 Å². The first-order valence-corrected chi connectivity index (χ1v) is 5.71. The molecule has 1 unspecified atom stereocenters. The van der Waals surface area contributed by atoms with E-state index in [2.05, 4.69) is 5.32 Å². The molecule has 0 radical (unpaired) electrons. The minimum atomic E-state index is -1.12. The molecular weight excluding hydrogens is 210 g/mol. The van der Waals surface area contributed by atoms with Gasteiger partial charge in [-0.05, 0) is 38.5 Å². The summed E-state index contributed by atoms with van der Waals surface area (Å²) in [6.45, 7) is 2.17. The van der Waals surface area contributed by atoms with E-state index < -0.39 is 17.6 Å². The van der Waals surface area contributed by atoms with Crippen LogP contribution in [0, 0.1) is 5.92 Å². The van der Waals surface area contributed by atoms with Gasteiger partial charge in [-0.2, -0.15) is 0 Å². The van der Waals surface area contributed by atoms with Crippen molar-refractivity contribution in [2.45, 2.75) is 44.2 Å². The molecule has 0 aromatic rings. The lowest BCUT2D eigenvalue weighted by Crippen LogP contribution is -2.56. The van der Waals surface area contributed by atoms with Crippen molar-refractivity contribution in [2.75, 3.05) is 6.61 Å². The van der Waals surface area contributed by atoms with Crippen LogP contribution in [0.2, 0.25) is 0 Å². The third-order valence-corrected chi connectivity index (χ3v) is 3.44. The molecule has 1 saturated heterocycles. The monoisotopic (exact) mass is 227 g/mol. The molecule has 90 valence electrons. The molecule has 1 aliphatic carbocycles. The van der Waals surface area contributed by atoms with Crippen LogP contribution < -0.4 is 5.32 Å². The van der Waals surface area contributed by atoms with E-state index in [1.54, 1.807) is 6.92 Å². The number of ether oxygens (including phenoxy) is 1. The summed E-state index contributed by atoms with van der Waals surface area (Å²) in [7, 11) is 0. The first-order valence-electron chi connectivity index (χ1n) is 5.71. The van der Waals surface area contributed by atoms with Gasteiger partial charge in [0.05, 0.1) is 0 Å². The highest BCUT2D eigenvalue weighted by atomic mass is 16.5. The van der Waals surface area contributed by atoms with Crippen molar-refractivity contribution in [2.24, 2.45) is 5.92 Å². The fourth-order valence-corrected chi connectivity index (χ4v) is 2.11. The molecule has 16 heavy (non-hydrogen) atoms. The normalized spacial score (nSPS) is 28.4. The fourth-order valence-electron chi connectivity index (χ4n) is 2.11. The zero-order valence-electron chi connectivity index (χ0n) is 9.36. The van der Waals surface area contributed by atoms with Gasteiger partial charge in [-0.1, -0.05) is 0 Å². The Hall–Kier alpha value is -1.10. The van der Waals surface area contributed by atoms with Gasteiger partial charge in [-0.15, -0.1) is 0 Å². The van der Waals surface area contributed by atoms with Crippen LogP contribution in [0.3, 0.4) is 0 Å². The van der Waals surface area contributed by atoms with Gasteiger partial charge in [0.25, 0.3) is 0 Å². The second-order valence-corrected chi connectivity index (χ2v) is 4.77. The van der Waals surface area contributed by atoms with Crippen molar-refractivity contribution >= 4 is 11.9 Å². The summed E-state index contributed by atoms with van der Waals surface area (Å²) < 4.78 is 5.24. The van der Waals surface area contributed by atoms with Crippen molar-refractivity contribution in [3.05, 3.63) is 0 Å². The van der Waals surface area contributed by atoms with E-state index in [9.17, 15) is 14.7 Å². The van der Waals surface area contributed by atoms with Gasteiger partial charge < -0.3 is 15.2 Å². The van der Waals surface area contributed by atoms with E-state index in [0.29, 0.717) is 13.0 Å². The molecule has 5 nitrogen and oxygen atoms in total. The molecule has 1 heterocycles. The fraction of sp³-hybridized carbons (Fsp3) is 0.818. The highest BCUT2D eigenvalue weighted by Gasteiger charge is 2.49. The molecule has 5 heteroatoms. The number of carbonyl (C=O) groups excluding carboxylic acids is 1. The molecule has 1 amide bonds. The summed E-state index contributed by atoms with van der Waals surface area (Å²) in [4.78, 5) is 23.0. The van der Waals surface area contributed by atoms with E-state index in [1.807, 2.05) is 0 Å². The summed E-state index contributed by atoms with van der Waals surface area (Å²) in [5.74, 6) is -1.18. The highest BCUT2D eigenvalue weighted by molar-refractivity contribution is 5.89. The van der Waals surface area contributed by atoms with Gasteiger partial charge >= 0.3 is 5.97 Å². The molecular formula is C11H17NO4. The van der Waals surface area contributed by atoms with Crippen LogP contribution >= 0.6 is 0 Å². The standard InChI is InChI=1S/C11H17NO4/c1-11(10(14)15,7-4-5-7)12-9(13)8-3-2-6-16-8/h7-8H,2-6H2,1H3,(H,12,13)(H,14,15)/t8-,11?/m1/s1. The van der Waals surface area contributed by atoms with E-state index in [4.69, 9.17) is 4.74 Å². The minimum absolute atomic E-state index is 0.0651. The Labute approximate surface area is 94.2 Å². The van der Waals surface area contributed by atoms with E-state index >= 15 is 0 Å². The number of carboxylic acids is 1. The predicted molar refractivity (Wildman–Crippen MR) is 55.9 cm³/mol. The van der Waals surface area contributed by atoms with Gasteiger partial charge in [0.2, 0.25) is 5.91 Å². The number of hydrogen-bond acceptors (Lipinski definition) is 3. The third-order valence-electron chi connectivity index (χ3n) is 3.44. The third kappa shape index (κ3) is 2.04. The Kier molecular flexibility index (Phi) is 2.88. The van der Waals surface area contributed by atoms with E-state index in [-0.39, 0.29) is 11.8 Å². The maximum atomic E-state index is 11.8. The second kappa shape index (κ2) is 4.05. The number of carboxylic acid groups (broad SMARTS) is 1. The summed E-state index contributed by atoms with van der Waals surface area (Å²) in [6, 6.07) is 0. The van der Waals surface area contributed by atoms with Crippen LogP contribution in [0.4, 0.5) is 0 Å². The molecule has 2 fully saturated rings. The van der Waals surface area contributed by atoms with Crippen LogP contribution in [-0.2, 0) is 14.3 Å². The van der Waals surface area contributed by atoms with Crippen LogP contribution in [0.5, 0.6) is 0 Å². The second-order valence-electron chi connectivity index (χ2n) is 4.77. The number of amides is 1. The molecule has 0 aromatic heterocycles. The molecule has 0 aromatic carbocycles. The molecule has 1 saturated carbocycles. The topological polar surface area (TPSA) is 75.6 Å². The predicted octanol–water partition coefficient (Wildman–Crippen LogP) is 0.535. The molecule has 0 spiro atoms. The molecule has 2 rings (SSSR count).